The molecule has 1 aromatic carbocycles. The number of aromatic nitrogens is 1. The maximum absolute atomic E-state index is 12.6. The Balaban J connectivity index is 2.05. The Hall–Kier alpha value is -1.98. The van der Waals surface area contributed by atoms with E-state index in [2.05, 4.69) is 18.7 Å². The fourth-order valence-corrected chi connectivity index (χ4v) is 3.44. The zero-order valence-electron chi connectivity index (χ0n) is 15.4. The van der Waals surface area contributed by atoms with E-state index >= 15 is 0 Å². The molecular weight excluding hydrogens is 316 g/mol. The predicted octanol–water partition coefficient (Wildman–Crippen LogP) is 3.33. The number of benzene rings is 1. The number of aryl methyl sites for hydroxylation is 1. The molecule has 0 unspecified atom stereocenters. The molecule has 1 fully saturated rings. The first-order valence-electron chi connectivity index (χ1n) is 8.94. The Morgan fingerprint density at radius 1 is 1.36 bits per heavy atom. The molecule has 0 spiro atoms. The number of carbonyl (C=O) groups excluding carboxylic acids is 1. The van der Waals surface area contributed by atoms with Crippen molar-refractivity contribution in [2.24, 2.45) is 0 Å². The molecule has 5 heteroatoms. The molecule has 1 aromatic heterocycles. The molecule has 2 atom stereocenters. The van der Waals surface area contributed by atoms with Gasteiger partial charge in [0.2, 0.25) is 0 Å². The molecule has 0 bridgehead atoms. The molecule has 0 radical (unpaired) electrons. The van der Waals surface area contributed by atoms with Crippen LogP contribution in [0.4, 0.5) is 0 Å². The number of nitrogens with zero attached hydrogens (tertiary/aromatic N) is 2. The van der Waals surface area contributed by atoms with Gasteiger partial charge in [0, 0.05) is 24.5 Å². The van der Waals surface area contributed by atoms with Crippen molar-refractivity contribution in [3.63, 3.8) is 0 Å². The summed E-state index contributed by atoms with van der Waals surface area (Å²) in [5, 5.41) is 0.998. The Morgan fingerprint density at radius 2 is 2.12 bits per heavy atom. The highest BCUT2D eigenvalue weighted by atomic mass is 16.5. The summed E-state index contributed by atoms with van der Waals surface area (Å²) in [5.41, 5.74) is 3.24. The van der Waals surface area contributed by atoms with Gasteiger partial charge in [-0.05, 0) is 39.3 Å². The van der Waals surface area contributed by atoms with Gasteiger partial charge in [-0.1, -0.05) is 18.2 Å². The minimum absolute atomic E-state index is 0.168. The zero-order chi connectivity index (χ0) is 18.0. The largest absolute Gasteiger partial charge is 0.462 e. The molecule has 134 valence electrons. The summed E-state index contributed by atoms with van der Waals surface area (Å²) in [4.78, 5) is 19.7. The number of ether oxygens (including phenoxy) is 2. The molecule has 0 amide bonds. The van der Waals surface area contributed by atoms with Crippen LogP contribution in [0, 0.1) is 6.92 Å². The third-order valence-corrected chi connectivity index (χ3v) is 5.07. The van der Waals surface area contributed by atoms with Crippen LogP contribution >= 0.6 is 0 Å². The summed E-state index contributed by atoms with van der Waals surface area (Å²) in [5.74, 6) is -0.290. The van der Waals surface area contributed by atoms with E-state index in [0.717, 1.165) is 28.7 Å². The van der Waals surface area contributed by atoms with Crippen molar-refractivity contribution in [3.8, 4) is 0 Å². The number of fused-ring (bicyclic) bond motifs is 1. The number of hydrogen-bond acceptors (Lipinski definition) is 5. The highest BCUT2D eigenvalue weighted by Gasteiger charge is 2.28. The summed E-state index contributed by atoms with van der Waals surface area (Å²) in [6.07, 6.45) is 0.168. The van der Waals surface area contributed by atoms with Gasteiger partial charge in [0.05, 0.1) is 36.1 Å². The van der Waals surface area contributed by atoms with Gasteiger partial charge in [0.15, 0.2) is 0 Å². The quantitative estimate of drug-likeness (QED) is 0.798. The van der Waals surface area contributed by atoms with E-state index in [0.29, 0.717) is 25.3 Å². The number of carbonyl (C=O) groups is 1. The average Bonchev–Trinajstić information content (AvgIpc) is 2.59. The molecule has 2 heterocycles. The van der Waals surface area contributed by atoms with E-state index in [4.69, 9.17) is 14.5 Å². The Labute approximate surface area is 148 Å². The zero-order valence-corrected chi connectivity index (χ0v) is 15.4. The van der Waals surface area contributed by atoms with Crippen molar-refractivity contribution >= 4 is 16.9 Å². The summed E-state index contributed by atoms with van der Waals surface area (Å²) >= 11 is 0. The number of morpholine rings is 1. The molecule has 0 N–H and O–H groups in total. The average molecular weight is 342 g/mol. The monoisotopic (exact) mass is 342 g/mol. The third kappa shape index (κ3) is 3.53. The Morgan fingerprint density at radius 3 is 2.88 bits per heavy atom. The number of rotatable bonds is 4. The Bertz CT molecular complexity index is 775. The molecule has 0 aliphatic carbocycles. The molecular formula is C20H26N2O3. The molecule has 1 aliphatic heterocycles. The minimum atomic E-state index is -0.290. The smallest absolute Gasteiger partial charge is 0.340 e. The lowest BCUT2D eigenvalue weighted by Crippen LogP contribution is -2.48. The van der Waals surface area contributed by atoms with Crippen LogP contribution in [-0.4, -0.2) is 47.8 Å². The highest BCUT2D eigenvalue weighted by molar-refractivity contribution is 5.98. The van der Waals surface area contributed by atoms with Gasteiger partial charge in [0.25, 0.3) is 0 Å². The lowest BCUT2D eigenvalue weighted by atomic mass is 10.0. The predicted molar refractivity (Wildman–Crippen MR) is 97.7 cm³/mol. The molecule has 2 aromatic rings. The molecule has 0 saturated carbocycles. The van der Waals surface area contributed by atoms with Crippen molar-refractivity contribution < 1.29 is 14.3 Å². The molecule has 5 nitrogen and oxygen atoms in total. The SMILES string of the molecule is CCOC(=O)c1c(CN2CCO[C@H](C)[C@@H]2C)nc2ccccc2c1C. The summed E-state index contributed by atoms with van der Waals surface area (Å²) < 4.78 is 11.0. The van der Waals surface area contributed by atoms with Crippen molar-refractivity contribution in [1.29, 1.82) is 0 Å². The van der Waals surface area contributed by atoms with Crippen LogP contribution in [0.5, 0.6) is 0 Å². The van der Waals surface area contributed by atoms with Gasteiger partial charge in [-0.15, -0.1) is 0 Å². The van der Waals surface area contributed by atoms with Gasteiger partial charge in [-0.3, -0.25) is 9.88 Å². The maximum Gasteiger partial charge on any atom is 0.340 e. The number of hydrogen-bond donors (Lipinski definition) is 0. The Kier molecular flexibility index (Phi) is 5.35. The summed E-state index contributed by atoms with van der Waals surface area (Å²) in [7, 11) is 0. The van der Waals surface area contributed by atoms with Gasteiger partial charge >= 0.3 is 5.97 Å². The second-order valence-electron chi connectivity index (χ2n) is 6.58. The molecule has 3 rings (SSSR count). The van der Waals surface area contributed by atoms with Crippen LogP contribution in [0.2, 0.25) is 0 Å². The molecule has 1 aliphatic rings. The van der Waals surface area contributed by atoms with Crippen molar-refractivity contribution in [1.82, 2.24) is 9.88 Å². The standard InChI is InChI=1S/C20H26N2O3/c1-5-24-20(23)19-13(2)16-8-6-7-9-17(16)21-18(19)12-22-10-11-25-15(4)14(22)3/h6-9,14-15H,5,10-12H2,1-4H3/t14-,15+/m0/s1. The molecule has 25 heavy (non-hydrogen) atoms. The number of para-hydroxylation sites is 1. The van der Waals surface area contributed by atoms with Crippen LogP contribution in [0.3, 0.4) is 0 Å². The summed E-state index contributed by atoms with van der Waals surface area (Å²) in [6.45, 7) is 10.6. The summed E-state index contributed by atoms with van der Waals surface area (Å²) in [6, 6.07) is 8.21. The van der Waals surface area contributed by atoms with E-state index in [1.807, 2.05) is 38.1 Å². The van der Waals surface area contributed by atoms with Crippen molar-refractivity contribution in [3.05, 3.63) is 41.1 Å². The van der Waals surface area contributed by atoms with Gasteiger partial charge in [0.1, 0.15) is 0 Å². The first-order valence-corrected chi connectivity index (χ1v) is 8.94. The molecule has 1 saturated heterocycles. The number of esters is 1. The second kappa shape index (κ2) is 7.50. The normalized spacial score (nSPS) is 21.4. The van der Waals surface area contributed by atoms with Crippen molar-refractivity contribution in [2.75, 3.05) is 19.8 Å². The highest BCUT2D eigenvalue weighted by Crippen LogP contribution is 2.26. The lowest BCUT2D eigenvalue weighted by molar-refractivity contribution is -0.0589. The fraction of sp³-hybridized carbons (Fsp3) is 0.500. The first-order chi connectivity index (χ1) is 12.0. The van der Waals surface area contributed by atoms with Gasteiger partial charge in [-0.2, -0.15) is 0 Å². The van der Waals surface area contributed by atoms with E-state index < -0.39 is 0 Å². The van der Waals surface area contributed by atoms with E-state index in [9.17, 15) is 4.79 Å². The van der Waals surface area contributed by atoms with E-state index in [1.165, 1.54) is 0 Å². The van der Waals surface area contributed by atoms with Crippen LogP contribution in [0.25, 0.3) is 10.9 Å². The number of pyridine rings is 1. The lowest BCUT2D eigenvalue weighted by Gasteiger charge is -2.37. The minimum Gasteiger partial charge on any atom is -0.462 e. The fourth-order valence-electron chi connectivity index (χ4n) is 3.44. The van der Waals surface area contributed by atoms with Crippen LogP contribution in [0.1, 0.15) is 42.4 Å². The van der Waals surface area contributed by atoms with Crippen LogP contribution < -0.4 is 0 Å². The van der Waals surface area contributed by atoms with Gasteiger partial charge < -0.3 is 9.47 Å². The first kappa shape index (κ1) is 17.8. The van der Waals surface area contributed by atoms with Crippen LogP contribution in [0.15, 0.2) is 24.3 Å². The van der Waals surface area contributed by atoms with Crippen molar-refractivity contribution in [2.45, 2.75) is 46.4 Å². The van der Waals surface area contributed by atoms with E-state index in [1.54, 1.807) is 0 Å². The van der Waals surface area contributed by atoms with E-state index in [-0.39, 0.29) is 18.1 Å². The third-order valence-electron chi connectivity index (χ3n) is 5.07. The maximum atomic E-state index is 12.6. The topological polar surface area (TPSA) is 51.7 Å². The van der Waals surface area contributed by atoms with Gasteiger partial charge in [-0.25, -0.2) is 4.79 Å². The second-order valence-corrected chi connectivity index (χ2v) is 6.58. The van der Waals surface area contributed by atoms with Crippen LogP contribution in [-0.2, 0) is 16.0 Å².